The highest BCUT2D eigenvalue weighted by Crippen LogP contribution is 2.18. The molecule has 1 aromatic rings. The molecule has 0 radical (unpaired) electrons. The van der Waals surface area contributed by atoms with Gasteiger partial charge < -0.3 is 15.2 Å². The van der Waals surface area contributed by atoms with E-state index in [1.165, 1.54) is 10.7 Å². The van der Waals surface area contributed by atoms with Crippen LogP contribution in [0.25, 0.3) is 0 Å². The summed E-state index contributed by atoms with van der Waals surface area (Å²) in [6.07, 6.45) is 0.328. The van der Waals surface area contributed by atoms with Crippen LogP contribution >= 0.6 is 0 Å². The minimum Gasteiger partial charge on any atom is -0.480 e. The molecule has 15 heavy (non-hydrogen) atoms. The van der Waals surface area contributed by atoms with E-state index in [-0.39, 0.29) is 5.82 Å². The number of aryl methyl sites for hydroxylation is 1. The first-order valence-electron chi connectivity index (χ1n) is 4.40. The van der Waals surface area contributed by atoms with Gasteiger partial charge in [-0.3, -0.25) is 0 Å². The Morgan fingerprint density at radius 1 is 1.80 bits per heavy atom. The number of rotatable bonds is 4. The number of hydrogen-bond donors (Lipinski definition) is 1. The second-order valence-corrected chi connectivity index (χ2v) is 3.11. The first-order chi connectivity index (χ1) is 6.97. The summed E-state index contributed by atoms with van der Waals surface area (Å²) >= 11 is 0. The second kappa shape index (κ2) is 4.07. The van der Waals surface area contributed by atoms with Gasteiger partial charge in [0, 0.05) is 0 Å². The van der Waals surface area contributed by atoms with Crippen LogP contribution in [0.1, 0.15) is 25.1 Å². The molecule has 0 fully saturated rings. The van der Waals surface area contributed by atoms with Gasteiger partial charge in [-0.05, 0) is 18.3 Å². The molecular weight excluding hydrogens is 202 g/mol. The van der Waals surface area contributed by atoms with Crippen molar-refractivity contribution < 1.29 is 14.8 Å². The number of hydrogen-bond acceptors (Lipinski definition) is 4. The maximum atomic E-state index is 10.8. The lowest BCUT2D eigenvalue weighted by Crippen LogP contribution is -2.20. The minimum atomic E-state index is -1.04. The number of nitrogens with zero attached hydrogens (tertiary/aromatic N) is 3. The third-order valence-electron chi connectivity index (χ3n) is 2.06. The fraction of sp³-hybridized carbons (Fsp3) is 0.500. The number of nitro groups is 1. The Balaban J connectivity index is 3.13. The van der Waals surface area contributed by atoms with Crippen molar-refractivity contribution in [1.29, 1.82) is 0 Å². The molecule has 0 aliphatic carbocycles. The monoisotopic (exact) mass is 213 g/mol. The normalized spacial score (nSPS) is 12.4. The van der Waals surface area contributed by atoms with Crippen molar-refractivity contribution in [2.75, 3.05) is 0 Å². The lowest BCUT2D eigenvalue weighted by molar-refractivity contribution is -0.389. The van der Waals surface area contributed by atoms with E-state index in [0.29, 0.717) is 12.1 Å². The highest BCUT2D eigenvalue weighted by atomic mass is 16.6. The summed E-state index contributed by atoms with van der Waals surface area (Å²) in [6.45, 7) is 3.28. The van der Waals surface area contributed by atoms with Crippen LogP contribution in [0.5, 0.6) is 0 Å². The number of aromatic nitrogens is 2. The summed E-state index contributed by atoms with van der Waals surface area (Å²) in [5.74, 6) is -1.37. The average molecular weight is 213 g/mol. The maximum absolute atomic E-state index is 10.8. The molecule has 0 aliphatic rings. The smallest absolute Gasteiger partial charge is 0.390 e. The molecule has 0 aliphatic heterocycles. The van der Waals surface area contributed by atoms with Gasteiger partial charge in [0.2, 0.25) is 0 Å². The lowest BCUT2D eigenvalue weighted by Gasteiger charge is -2.07. The summed E-state index contributed by atoms with van der Waals surface area (Å²) in [4.78, 5) is 20.6. The topological polar surface area (TPSA) is 98.3 Å². The largest absolute Gasteiger partial charge is 0.480 e. The van der Waals surface area contributed by atoms with Crippen LogP contribution in [0.15, 0.2) is 6.07 Å². The first-order valence-corrected chi connectivity index (χ1v) is 4.40. The second-order valence-electron chi connectivity index (χ2n) is 3.11. The quantitative estimate of drug-likeness (QED) is 0.597. The lowest BCUT2D eigenvalue weighted by atomic mass is 10.2. The maximum Gasteiger partial charge on any atom is 0.390 e. The highest BCUT2D eigenvalue weighted by Gasteiger charge is 2.26. The summed E-state index contributed by atoms with van der Waals surface area (Å²) in [5.41, 5.74) is 0.468. The zero-order valence-corrected chi connectivity index (χ0v) is 8.38. The Bertz CT molecular complexity index is 399. The average Bonchev–Trinajstić information content (AvgIpc) is 2.49. The Hall–Kier alpha value is -1.92. The summed E-state index contributed by atoms with van der Waals surface area (Å²) < 4.78 is 1.17. The Morgan fingerprint density at radius 2 is 2.40 bits per heavy atom. The van der Waals surface area contributed by atoms with Crippen molar-refractivity contribution in [2.45, 2.75) is 26.3 Å². The molecule has 7 heteroatoms. The van der Waals surface area contributed by atoms with E-state index < -0.39 is 16.9 Å². The van der Waals surface area contributed by atoms with Crippen LogP contribution < -0.4 is 0 Å². The number of carboxylic acids is 1. The Kier molecular flexibility index (Phi) is 3.03. The van der Waals surface area contributed by atoms with Gasteiger partial charge in [0.25, 0.3) is 0 Å². The van der Waals surface area contributed by atoms with E-state index in [9.17, 15) is 14.9 Å². The SMILES string of the molecule is CC[C@H](C(=O)O)n1nc([N+](=O)[O-])cc1C. The van der Waals surface area contributed by atoms with E-state index in [2.05, 4.69) is 5.10 Å². The fourth-order valence-electron chi connectivity index (χ4n) is 1.33. The van der Waals surface area contributed by atoms with Crippen molar-refractivity contribution in [2.24, 2.45) is 0 Å². The highest BCUT2D eigenvalue weighted by molar-refractivity contribution is 5.71. The molecule has 0 bridgehead atoms. The van der Waals surface area contributed by atoms with Gasteiger partial charge in [0.05, 0.1) is 16.9 Å². The third-order valence-corrected chi connectivity index (χ3v) is 2.06. The van der Waals surface area contributed by atoms with Crippen LogP contribution in [0, 0.1) is 17.0 Å². The van der Waals surface area contributed by atoms with Crippen LogP contribution in [-0.4, -0.2) is 25.8 Å². The number of carboxylic acid groups (broad SMARTS) is 1. The molecule has 1 N–H and O–H groups in total. The molecule has 1 heterocycles. The zero-order valence-electron chi connectivity index (χ0n) is 8.38. The van der Waals surface area contributed by atoms with Crippen molar-refractivity contribution >= 4 is 11.8 Å². The van der Waals surface area contributed by atoms with E-state index in [1.54, 1.807) is 13.8 Å². The van der Waals surface area contributed by atoms with Gasteiger partial charge in [-0.2, -0.15) is 4.68 Å². The summed E-state index contributed by atoms with van der Waals surface area (Å²) in [5, 5.41) is 22.9. The molecule has 1 rings (SSSR count). The predicted octanol–water partition coefficient (Wildman–Crippen LogP) is 1.14. The van der Waals surface area contributed by atoms with E-state index >= 15 is 0 Å². The molecule has 7 nitrogen and oxygen atoms in total. The molecule has 0 saturated heterocycles. The molecule has 82 valence electrons. The molecule has 1 aromatic heterocycles. The van der Waals surface area contributed by atoms with Crippen molar-refractivity contribution in [3.63, 3.8) is 0 Å². The third kappa shape index (κ3) is 2.12. The zero-order chi connectivity index (χ0) is 11.6. The van der Waals surface area contributed by atoms with Crippen LogP contribution in [0.3, 0.4) is 0 Å². The molecule has 0 saturated carbocycles. The van der Waals surface area contributed by atoms with Gasteiger partial charge in [0.1, 0.15) is 0 Å². The predicted molar refractivity (Wildman–Crippen MR) is 50.6 cm³/mol. The number of carbonyl (C=O) groups is 1. The Morgan fingerprint density at radius 3 is 2.73 bits per heavy atom. The standard InChI is InChI=1S/C8H11N3O4/c1-3-6(8(12)13)10-5(2)4-7(9-10)11(14)15/h4,6H,3H2,1-2H3,(H,12,13)/t6-/m1/s1. The first kappa shape index (κ1) is 11.2. The van der Waals surface area contributed by atoms with Gasteiger partial charge in [-0.1, -0.05) is 6.92 Å². The molecule has 0 unspecified atom stereocenters. The van der Waals surface area contributed by atoms with E-state index in [4.69, 9.17) is 5.11 Å². The van der Waals surface area contributed by atoms with E-state index in [0.717, 1.165) is 0 Å². The molecule has 1 atom stereocenters. The van der Waals surface area contributed by atoms with E-state index in [1.807, 2.05) is 0 Å². The van der Waals surface area contributed by atoms with Crippen LogP contribution in [0.4, 0.5) is 5.82 Å². The van der Waals surface area contributed by atoms with Crippen LogP contribution in [-0.2, 0) is 4.79 Å². The summed E-state index contributed by atoms with van der Waals surface area (Å²) in [7, 11) is 0. The van der Waals surface area contributed by atoms with Crippen LogP contribution in [0.2, 0.25) is 0 Å². The molecule has 0 aromatic carbocycles. The minimum absolute atomic E-state index is 0.327. The van der Waals surface area contributed by atoms with Crippen molar-refractivity contribution in [1.82, 2.24) is 9.78 Å². The summed E-state index contributed by atoms with van der Waals surface area (Å²) in [6, 6.07) is 0.407. The van der Waals surface area contributed by atoms with Gasteiger partial charge in [0.15, 0.2) is 6.04 Å². The van der Waals surface area contributed by atoms with Gasteiger partial charge >= 0.3 is 11.8 Å². The Labute approximate surface area is 85.5 Å². The van der Waals surface area contributed by atoms with Gasteiger partial charge in [-0.15, -0.1) is 0 Å². The fourth-order valence-corrected chi connectivity index (χ4v) is 1.33. The van der Waals surface area contributed by atoms with Crippen molar-refractivity contribution in [3.8, 4) is 0 Å². The van der Waals surface area contributed by atoms with Gasteiger partial charge in [-0.25, -0.2) is 4.79 Å². The molecule has 0 amide bonds. The molecular formula is C8H11N3O4. The van der Waals surface area contributed by atoms with Crippen molar-refractivity contribution in [3.05, 3.63) is 21.9 Å². The number of aliphatic carboxylic acids is 1. The molecule has 0 spiro atoms.